The molecule has 156 valence electrons. The van der Waals surface area contributed by atoms with E-state index >= 15 is 0 Å². The van der Waals surface area contributed by atoms with Crippen LogP contribution in [0.3, 0.4) is 0 Å². The third-order valence-corrected chi connectivity index (χ3v) is 4.39. The number of non-ortho nitro benzene ring substituents is 1. The van der Waals surface area contributed by atoms with Crippen LogP contribution in [0.15, 0.2) is 89.7 Å². The molecule has 3 aromatic carbocycles. The Kier molecular flexibility index (Phi) is 5.59. The van der Waals surface area contributed by atoms with Crippen LogP contribution in [-0.2, 0) is 0 Å². The minimum atomic E-state index is -0.863. The van der Waals surface area contributed by atoms with E-state index < -0.39 is 17.0 Å². The Hall–Kier alpha value is -4.24. The number of allylic oxidation sites excluding steroid dienone is 1. The third kappa shape index (κ3) is 4.51. The van der Waals surface area contributed by atoms with Gasteiger partial charge in [0.1, 0.15) is 11.5 Å². The Labute approximate surface area is 176 Å². The Balaban J connectivity index is 1.56. The molecule has 1 heterocycles. The van der Waals surface area contributed by atoms with Gasteiger partial charge in [0, 0.05) is 24.0 Å². The van der Waals surface area contributed by atoms with Crippen LogP contribution in [0.5, 0.6) is 17.2 Å². The number of hydrogen-bond acceptors (Lipinski definition) is 7. The van der Waals surface area contributed by atoms with Crippen LogP contribution in [0.1, 0.15) is 0 Å². The summed E-state index contributed by atoms with van der Waals surface area (Å²) in [6, 6.07) is 19.5. The van der Waals surface area contributed by atoms with Crippen molar-refractivity contribution in [2.45, 2.75) is 6.29 Å². The molecule has 0 saturated heterocycles. The molecule has 0 radical (unpaired) electrons. The van der Waals surface area contributed by atoms with Crippen LogP contribution in [0.25, 0.3) is 0 Å². The number of aliphatic imine (C=N–C) groups is 1. The van der Waals surface area contributed by atoms with Gasteiger partial charge in [-0.05, 0) is 42.5 Å². The molecule has 3 aromatic rings. The fourth-order valence-corrected chi connectivity index (χ4v) is 2.93. The van der Waals surface area contributed by atoms with Crippen molar-refractivity contribution < 1.29 is 18.8 Å². The lowest BCUT2D eigenvalue weighted by atomic mass is 10.2. The number of benzene rings is 3. The lowest BCUT2D eigenvalue weighted by molar-refractivity contribution is -0.385. The van der Waals surface area contributed by atoms with Crippen molar-refractivity contribution in [1.82, 2.24) is 0 Å². The number of rotatable bonds is 6. The molecular weight excluding hydrogens is 403 g/mol. The summed E-state index contributed by atoms with van der Waals surface area (Å²) >= 11 is 0. The molecule has 1 aliphatic rings. The number of nitrogens with zero attached hydrogens (tertiary/aromatic N) is 3. The molecule has 0 saturated carbocycles. The van der Waals surface area contributed by atoms with E-state index in [1.54, 1.807) is 29.2 Å². The van der Waals surface area contributed by atoms with Gasteiger partial charge in [-0.1, -0.05) is 18.2 Å². The Bertz CT molecular complexity index is 1150. The van der Waals surface area contributed by atoms with Gasteiger partial charge in [-0.3, -0.25) is 25.7 Å². The molecule has 0 amide bonds. The van der Waals surface area contributed by atoms with Gasteiger partial charge >= 0.3 is 0 Å². The average Bonchev–Trinajstić information content (AvgIpc) is 2.77. The SMILES string of the molecule is NC1N=CC=C(Oc2ccc([N+](=O)[O-])cc2F)N1c1ccc(Oc2ccccc2)cc1. The molecule has 0 bridgehead atoms. The van der Waals surface area contributed by atoms with Gasteiger partial charge in [0.2, 0.25) is 5.88 Å². The highest BCUT2D eigenvalue weighted by molar-refractivity contribution is 5.76. The molecule has 0 aromatic heterocycles. The molecule has 0 spiro atoms. The average molecular weight is 420 g/mol. The molecule has 0 fully saturated rings. The molecule has 2 N–H and O–H groups in total. The molecule has 4 rings (SSSR count). The topological polar surface area (TPSA) is 103 Å². The second-order valence-electron chi connectivity index (χ2n) is 6.47. The van der Waals surface area contributed by atoms with E-state index in [0.29, 0.717) is 17.2 Å². The minimum absolute atomic E-state index is 0.173. The highest BCUT2D eigenvalue weighted by Crippen LogP contribution is 2.30. The van der Waals surface area contributed by atoms with Gasteiger partial charge in [0.25, 0.3) is 5.69 Å². The summed E-state index contributed by atoms with van der Waals surface area (Å²) in [7, 11) is 0. The van der Waals surface area contributed by atoms with Gasteiger partial charge in [-0.25, -0.2) is 4.39 Å². The van der Waals surface area contributed by atoms with Crippen LogP contribution < -0.4 is 20.1 Å². The lowest BCUT2D eigenvalue weighted by Crippen LogP contribution is -2.43. The standard InChI is InChI=1S/C22H17FN4O4/c23-19-14-16(27(28)29)8-11-20(19)31-21-12-13-25-22(24)26(21)15-6-9-18(10-7-15)30-17-4-2-1-3-5-17/h1-14,22H,24H2. The molecule has 1 atom stereocenters. The number of anilines is 1. The van der Waals surface area contributed by atoms with E-state index in [2.05, 4.69) is 4.99 Å². The fraction of sp³-hybridized carbons (Fsp3) is 0.0455. The summed E-state index contributed by atoms with van der Waals surface area (Å²) in [4.78, 5) is 15.8. The van der Waals surface area contributed by atoms with Crippen molar-refractivity contribution in [3.8, 4) is 17.2 Å². The van der Waals surface area contributed by atoms with Gasteiger partial charge < -0.3 is 9.47 Å². The number of halogens is 1. The van der Waals surface area contributed by atoms with E-state index in [9.17, 15) is 14.5 Å². The Morgan fingerprint density at radius 2 is 1.71 bits per heavy atom. The first-order valence-electron chi connectivity index (χ1n) is 9.24. The second-order valence-corrected chi connectivity index (χ2v) is 6.47. The lowest BCUT2D eigenvalue weighted by Gasteiger charge is -2.31. The third-order valence-electron chi connectivity index (χ3n) is 4.39. The summed E-state index contributed by atoms with van der Waals surface area (Å²) in [5.41, 5.74) is 6.38. The first-order chi connectivity index (χ1) is 15.0. The molecule has 8 nitrogen and oxygen atoms in total. The van der Waals surface area contributed by atoms with Crippen LogP contribution in [0.2, 0.25) is 0 Å². The summed E-state index contributed by atoms with van der Waals surface area (Å²) in [6.45, 7) is 0. The molecule has 31 heavy (non-hydrogen) atoms. The molecule has 9 heteroatoms. The highest BCUT2D eigenvalue weighted by Gasteiger charge is 2.24. The smallest absolute Gasteiger partial charge is 0.272 e. The van der Waals surface area contributed by atoms with Crippen molar-refractivity contribution in [1.29, 1.82) is 0 Å². The maximum Gasteiger partial charge on any atom is 0.272 e. The largest absolute Gasteiger partial charge is 0.457 e. The monoisotopic (exact) mass is 420 g/mol. The van der Waals surface area contributed by atoms with Crippen molar-refractivity contribution in [2.75, 3.05) is 4.90 Å². The van der Waals surface area contributed by atoms with Gasteiger partial charge in [-0.2, -0.15) is 0 Å². The first-order valence-corrected chi connectivity index (χ1v) is 9.24. The number of nitro benzene ring substituents is 1. The van der Waals surface area contributed by atoms with Gasteiger partial charge in [0.05, 0.1) is 11.0 Å². The van der Waals surface area contributed by atoms with Crippen LogP contribution in [-0.4, -0.2) is 17.4 Å². The summed E-state index contributed by atoms with van der Waals surface area (Å²) < 4.78 is 25.8. The quantitative estimate of drug-likeness (QED) is 0.462. The van der Waals surface area contributed by atoms with Crippen LogP contribution >= 0.6 is 0 Å². The number of nitrogens with two attached hydrogens (primary N) is 1. The minimum Gasteiger partial charge on any atom is -0.457 e. The van der Waals surface area contributed by atoms with Crippen molar-refractivity contribution in [3.63, 3.8) is 0 Å². The van der Waals surface area contributed by atoms with E-state index in [-0.39, 0.29) is 17.3 Å². The number of hydrogen-bond donors (Lipinski definition) is 1. The normalized spacial score (nSPS) is 15.4. The van der Waals surface area contributed by atoms with Crippen LogP contribution in [0, 0.1) is 15.9 Å². The van der Waals surface area contributed by atoms with Crippen molar-refractivity contribution >= 4 is 17.6 Å². The Morgan fingerprint density at radius 3 is 2.39 bits per heavy atom. The number of ether oxygens (including phenoxy) is 2. The van der Waals surface area contributed by atoms with Crippen molar-refractivity contribution in [2.24, 2.45) is 10.7 Å². The van der Waals surface area contributed by atoms with E-state index in [1.165, 1.54) is 18.4 Å². The maximum absolute atomic E-state index is 14.3. The first kappa shape index (κ1) is 20.0. The zero-order chi connectivity index (χ0) is 21.8. The highest BCUT2D eigenvalue weighted by atomic mass is 19.1. The number of para-hydroxylation sites is 1. The maximum atomic E-state index is 14.3. The second kappa shape index (κ2) is 8.64. The van der Waals surface area contributed by atoms with Crippen LogP contribution in [0.4, 0.5) is 15.8 Å². The predicted octanol–water partition coefficient (Wildman–Crippen LogP) is 4.58. The molecular formula is C22H17FN4O4. The van der Waals surface area contributed by atoms with Gasteiger partial charge in [-0.15, -0.1) is 0 Å². The fourth-order valence-electron chi connectivity index (χ4n) is 2.93. The Morgan fingerprint density at radius 1 is 1.00 bits per heavy atom. The predicted molar refractivity (Wildman–Crippen MR) is 114 cm³/mol. The zero-order valence-electron chi connectivity index (χ0n) is 16.1. The van der Waals surface area contributed by atoms with E-state index in [4.69, 9.17) is 15.2 Å². The van der Waals surface area contributed by atoms with E-state index in [0.717, 1.165) is 12.1 Å². The van der Waals surface area contributed by atoms with Crippen molar-refractivity contribution in [3.05, 3.63) is 101 Å². The van der Waals surface area contributed by atoms with E-state index in [1.807, 2.05) is 30.3 Å². The summed E-state index contributed by atoms with van der Waals surface area (Å²) in [5.74, 6) is 0.502. The zero-order valence-corrected chi connectivity index (χ0v) is 16.1. The molecule has 1 unspecified atom stereocenters. The summed E-state index contributed by atoms with van der Waals surface area (Å²) in [6.07, 6.45) is 2.17. The molecule has 1 aliphatic heterocycles. The summed E-state index contributed by atoms with van der Waals surface area (Å²) in [5, 5.41) is 10.8. The van der Waals surface area contributed by atoms with Gasteiger partial charge in [0.15, 0.2) is 17.9 Å². The number of nitro groups is 1. The molecule has 0 aliphatic carbocycles.